The van der Waals surface area contributed by atoms with E-state index in [0.29, 0.717) is 12.6 Å². The third-order valence-corrected chi connectivity index (χ3v) is 4.09. The van der Waals surface area contributed by atoms with Crippen LogP contribution in [0.15, 0.2) is 0 Å². The molecule has 0 radical (unpaired) electrons. The van der Waals surface area contributed by atoms with Gasteiger partial charge in [-0.25, -0.2) is 0 Å². The Labute approximate surface area is 65.4 Å². The van der Waals surface area contributed by atoms with Gasteiger partial charge in [-0.05, 0) is 13.0 Å². The van der Waals surface area contributed by atoms with E-state index >= 15 is 0 Å². The monoisotopic (exact) mass is 159 g/mol. The number of hydrogen-bond acceptors (Lipinski definition) is 3. The van der Waals surface area contributed by atoms with Crippen LogP contribution in [0.25, 0.3) is 0 Å². The SMILES string of the molecule is OCC12CCNC1CSC2. The van der Waals surface area contributed by atoms with Gasteiger partial charge in [-0.15, -0.1) is 0 Å². The van der Waals surface area contributed by atoms with Crippen molar-refractivity contribution < 1.29 is 5.11 Å². The molecule has 0 aromatic carbocycles. The summed E-state index contributed by atoms with van der Waals surface area (Å²) < 4.78 is 0. The third-order valence-electron chi connectivity index (χ3n) is 2.74. The molecule has 58 valence electrons. The minimum Gasteiger partial charge on any atom is -0.396 e. The minimum atomic E-state index is 0.255. The van der Waals surface area contributed by atoms with E-state index in [1.807, 2.05) is 11.8 Å². The van der Waals surface area contributed by atoms with Gasteiger partial charge in [0.25, 0.3) is 0 Å². The van der Waals surface area contributed by atoms with E-state index in [0.717, 1.165) is 12.3 Å². The van der Waals surface area contributed by atoms with Crippen LogP contribution in [0.1, 0.15) is 6.42 Å². The molecule has 2 unspecified atom stereocenters. The highest BCUT2D eigenvalue weighted by molar-refractivity contribution is 7.99. The molecule has 0 amide bonds. The van der Waals surface area contributed by atoms with Crippen LogP contribution >= 0.6 is 11.8 Å². The van der Waals surface area contributed by atoms with Gasteiger partial charge in [0, 0.05) is 23.0 Å². The van der Waals surface area contributed by atoms with Gasteiger partial charge in [-0.2, -0.15) is 11.8 Å². The summed E-state index contributed by atoms with van der Waals surface area (Å²) in [4.78, 5) is 0. The van der Waals surface area contributed by atoms with Crippen LogP contribution in [0, 0.1) is 5.41 Å². The molecule has 3 heteroatoms. The molecule has 0 bridgehead atoms. The number of nitrogens with one attached hydrogen (secondary N) is 1. The predicted molar refractivity (Wildman–Crippen MR) is 43.3 cm³/mol. The largest absolute Gasteiger partial charge is 0.396 e. The van der Waals surface area contributed by atoms with Crippen molar-refractivity contribution in [1.29, 1.82) is 0 Å². The highest BCUT2D eigenvalue weighted by Gasteiger charge is 2.45. The average molecular weight is 159 g/mol. The topological polar surface area (TPSA) is 32.3 Å². The van der Waals surface area contributed by atoms with Crippen molar-refractivity contribution in [1.82, 2.24) is 5.32 Å². The Hall–Kier alpha value is 0.270. The first kappa shape index (κ1) is 6.95. The summed E-state index contributed by atoms with van der Waals surface area (Å²) in [5.41, 5.74) is 0.255. The van der Waals surface area contributed by atoms with E-state index in [1.165, 1.54) is 12.2 Å². The van der Waals surface area contributed by atoms with E-state index in [4.69, 9.17) is 0 Å². The van der Waals surface area contributed by atoms with Crippen LogP contribution in [0.2, 0.25) is 0 Å². The summed E-state index contributed by atoms with van der Waals surface area (Å²) in [7, 11) is 0. The van der Waals surface area contributed by atoms with E-state index in [1.54, 1.807) is 0 Å². The molecule has 2 atom stereocenters. The quantitative estimate of drug-likeness (QED) is 0.568. The Morgan fingerprint density at radius 1 is 1.70 bits per heavy atom. The summed E-state index contributed by atoms with van der Waals surface area (Å²) in [5.74, 6) is 2.35. The number of aliphatic hydroxyl groups excluding tert-OH is 1. The molecule has 2 aliphatic heterocycles. The Kier molecular flexibility index (Phi) is 1.66. The molecule has 2 fully saturated rings. The Morgan fingerprint density at radius 3 is 3.30 bits per heavy atom. The van der Waals surface area contributed by atoms with Gasteiger partial charge in [-0.3, -0.25) is 0 Å². The molecular weight excluding hydrogens is 146 g/mol. The summed E-state index contributed by atoms with van der Waals surface area (Å²) in [5, 5.41) is 12.6. The Balaban J connectivity index is 2.15. The Morgan fingerprint density at radius 2 is 2.60 bits per heavy atom. The zero-order valence-electron chi connectivity index (χ0n) is 5.97. The maximum Gasteiger partial charge on any atom is 0.0511 e. The van der Waals surface area contributed by atoms with Crippen molar-refractivity contribution in [2.45, 2.75) is 12.5 Å². The second-order valence-electron chi connectivity index (χ2n) is 3.29. The fourth-order valence-electron chi connectivity index (χ4n) is 1.91. The number of hydrogen-bond donors (Lipinski definition) is 2. The molecule has 2 N–H and O–H groups in total. The van der Waals surface area contributed by atoms with Crippen molar-refractivity contribution in [3.8, 4) is 0 Å². The first-order valence-corrected chi connectivity index (χ1v) is 4.95. The lowest BCUT2D eigenvalue weighted by atomic mass is 9.85. The van der Waals surface area contributed by atoms with Gasteiger partial charge in [0.1, 0.15) is 0 Å². The Bertz CT molecular complexity index is 130. The molecule has 2 nitrogen and oxygen atoms in total. The lowest BCUT2D eigenvalue weighted by molar-refractivity contribution is 0.145. The number of thioether (sulfide) groups is 1. The average Bonchev–Trinajstić information content (AvgIpc) is 2.42. The third kappa shape index (κ3) is 0.807. The smallest absolute Gasteiger partial charge is 0.0511 e. The molecule has 2 heterocycles. The van der Waals surface area contributed by atoms with Crippen LogP contribution in [0.3, 0.4) is 0 Å². The van der Waals surface area contributed by atoms with Gasteiger partial charge in [0.15, 0.2) is 0 Å². The number of fused-ring (bicyclic) bond motifs is 1. The molecule has 0 aromatic rings. The summed E-state index contributed by atoms with van der Waals surface area (Å²) in [6.45, 7) is 1.48. The maximum atomic E-state index is 9.17. The van der Waals surface area contributed by atoms with E-state index in [-0.39, 0.29) is 5.41 Å². The fraction of sp³-hybridized carbons (Fsp3) is 1.00. The zero-order chi connectivity index (χ0) is 7.03. The predicted octanol–water partition coefficient (Wildman–Crippen LogP) is 0.0738. The standard InChI is InChI=1S/C7H13NOS/c9-4-7-1-2-8-6(7)3-10-5-7/h6,8-9H,1-5H2. The van der Waals surface area contributed by atoms with Gasteiger partial charge < -0.3 is 10.4 Å². The lowest BCUT2D eigenvalue weighted by Crippen LogP contribution is -2.37. The van der Waals surface area contributed by atoms with Crippen LogP contribution < -0.4 is 5.32 Å². The van der Waals surface area contributed by atoms with Crippen LogP contribution in [-0.2, 0) is 0 Å². The highest BCUT2D eigenvalue weighted by atomic mass is 32.2. The second-order valence-corrected chi connectivity index (χ2v) is 4.32. The van der Waals surface area contributed by atoms with Gasteiger partial charge in [0.05, 0.1) is 6.61 Å². The molecule has 0 spiro atoms. The van der Waals surface area contributed by atoms with E-state index in [2.05, 4.69) is 5.32 Å². The molecule has 2 saturated heterocycles. The van der Waals surface area contributed by atoms with Crippen molar-refractivity contribution in [2.75, 3.05) is 24.7 Å². The van der Waals surface area contributed by atoms with Crippen molar-refractivity contribution >= 4 is 11.8 Å². The van der Waals surface area contributed by atoms with E-state index < -0.39 is 0 Å². The minimum absolute atomic E-state index is 0.255. The van der Waals surface area contributed by atoms with Crippen LogP contribution in [-0.4, -0.2) is 35.8 Å². The summed E-state index contributed by atoms with van der Waals surface area (Å²) >= 11 is 1.97. The maximum absolute atomic E-state index is 9.17. The van der Waals surface area contributed by atoms with E-state index in [9.17, 15) is 5.11 Å². The highest BCUT2D eigenvalue weighted by Crippen LogP contribution is 2.41. The summed E-state index contributed by atoms with van der Waals surface area (Å²) in [6.07, 6.45) is 1.17. The molecule has 0 saturated carbocycles. The van der Waals surface area contributed by atoms with Gasteiger partial charge >= 0.3 is 0 Å². The van der Waals surface area contributed by atoms with Crippen molar-refractivity contribution in [3.63, 3.8) is 0 Å². The van der Waals surface area contributed by atoms with Gasteiger partial charge in [-0.1, -0.05) is 0 Å². The zero-order valence-corrected chi connectivity index (χ0v) is 6.78. The summed E-state index contributed by atoms with van der Waals surface area (Å²) in [6, 6.07) is 0.600. The number of aliphatic hydroxyl groups is 1. The van der Waals surface area contributed by atoms with Gasteiger partial charge in [0.2, 0.25) is 0 Å². The normalized spacial score (nSPS) is 45.9. The molecule has 10 heavy (non-hydrogen) atoms. The van der Waals surface area contributed by atoms with Crippen molar-refractivity contribution in [3.05, 3.63) is 0 Å². The number of rotatable bonds is 1. The first-order valence-electron chi connectivity index (χ1n) is 3.79. The van der Waals surface area contributed by atoms with Crippen molar-refractivity contribution in [2.24, 2.45) is 5.41 Å². The molecule has 2 aliphatic rings. The lowest BCUT2D eigenvalue weighted by Gasteiger charge is -2.24. The molecule has 0 aliphatic carbocycles. The van der Waals surface area contributed by atoms with Crippen LogP contribution in [0.5, 0.6) is 0 Å². The fourth-order valence-corrected chi connectivity index (χ4v) is 3.58. The molecule has 2 rings (SSSR count). The first-order chi connectivity index (χ1) is 4.87. The van der Waals surface area contributed by atoms with Crippen LogP contribution in [0.4, 0.5) is 0 Å². The second kappa shape index (κ2) is 2.40. The molecule has 0 aromatic heterocycles. The molecular formula is C7H13NOS.